The number of aryl methyl sites for hydroxylation is 2. The molecule has 0 aliphatic carbocycles. The molecule has 0 aromatic heterocycles. The summed E-state index contributed by atoms with van der Waals surface area (Å²) in [5.41, 5.74) is 4.65. The molecule has 2 aromatic rings. The van der Waals surface area contributed by atoms with Gasteiger partial charge in [-0.1, -0.05) is 67.2 Å². The first kappa shape index (κ1) is 15.4. The van der Waals surface area contributed by atoms with E-state index in [1.54, 1.807) is 6.07 Å². The lowest BCUT2D eigenvalue weighted by Gasteiger charge is -2.17. The molecule has 0 amide bonds. The average molecular weight is 423 g/mol. The van der Waals surface area contributed by atoms with Crippen molar-refractivity contribution in [3.05, 3.63) is 67.1 Å². The third-order valence-corrected chi connectivity index (χ3v) is 5.46. The maximum absolute atomic E-state index is 6.27. The van der Waals surface area contributed by atoms with Crippen molar-refractivity contribution >= 4 is 55.1 Å². The topological polar surface area (TPSA) is 0 Å². The number of alkyl halides is 1. The van der Waals surface area contributed by atoms with Crippen LogP contribution in [0, 0.1) is 13.8 Å². The Balaban J connectivity index is 2.49. The van der Waals surface area contributed by atoms with Crippen molar-refractivity contribution in [1.29, 1.82) is 0 Å². The summed E-state index contributed by atoms with van der Waals surface area (Å²) in [6.45, 7) is 4.17. The Hall–Kier alpha value is -0.0200. The van der Waals surface area contributed by atoms with E-state index in [0.29, 0.717) is 10.0 Å². The third kappa shape index (κ3) is 3.36. The molecule has 0 spiro atoms. The minimum Gasteiger partial charge on any atom is -0.0843 e. The van der Waals surface area contributed by atoms with Crippen LogP contribution >= 0.6 is 55.1 Å². The summed E-state index contributed by atoms with van der Waals surface area (Å²) in [6.07, 6.45) is 0. The lowest BCUT2D eigenvalue weighted by Crippen LogP contribution is -1.98. The van der Waals surface area contributed by atoms with Crippen LogP contribution < -0.4 is 0 Å². The van der Waals surface area contributed by atoms with E-state index in [-0.39, 0.29) is 4.83 Å². The van der Waals surface area contributed by atoms with Gasteiger partial charge < -0.3 is 0 Å². The Bertz CT molecular complexity index is 624. The van der Waals surface area contributed by atoms with E-state index in [1.807, 2.05) is 12.1 Å². The molecule has 0 nitrogen and oxygen atoms in total. The van der Waals surface area contributed by atoms with Gasteiger partial charge >= 0.3 is 0 Å². The van der Waals surface area contributed by atoms with Crippen molar-refractivity contribution in [2.45, 2.75) is 18.7 Å². The lowest BCUT2D eigenvalue weighted by molar-refractivity contribution is 1.13. The van der Waals surface area contributed by atoms with E-state index in [9.17, 15) is 0 Å². The van der Waals surface area contributed by atoms with E-state index in [4.69, 9.17) is 23.2 Å². The van der Waals surface area contributed by atoms with Crippen molar-refractivity contribution < 1.29 is 0 Å². The Labute approximate surface area is 140 Å². The largest absolute Gasteiger partial charge is 0.0843 e. The molecule has 2 aromatic carbocycles. The van der Waals surface area contributed by atoms with Crippen molar-refractivity contribution in [2.24, 2.45) is 0 Å². The van der Waals surface area contributed by atoms with Crippen molar-refractivity contribution in [1.82, 2.24) is 0 Å². The maximum atomic E-state index is 6.27. The van der Waals surface area contributed by atoms with Crippen LogP contribution in [0.2, 0.25) is 10.0 Å². The molecule has 1 atom stereocenters. The number of hydrogen-bond donors (Lipinski definition) is 0. The normalized spacial score (nSPS) is 12.5. The van der Waals surface area contributed by atoms with E-state index in [2.05, 4.69) is 57.8 Å². The van der Waals surface area contributed by atoms with Crippen LogP contribution in [-0.4, -0.2) is 0 Å². The number of halogens is 4. The highest BCUT2D eigenvalue weighted by Gasteiger charge is 2.17. The summed E-state index contributed by atoms with van der Waals surface area (Å²) in [6, 6.07) is 9.89. The predicted octanol–water partition coefficient (Wildman–Crippen LogP) is 6.86. The second kappa shape index (κ2) is 6.17. The number of rotatable bonds is 2. The molecular weight excluding hydrogens is 411 g/mol. The van der Waals surface area contributed by atoms with Gasteiger partial charge in [-0.05, 0) is 54.3 Å². The zero-order chi connectivity index (χ0) is 14.2. The summed E-state index contributed by atoms with van der Waals surface area (Å²) in [5.74, 6) is 0. The Morgan fingerprint density at radius 1 is 0.947 bits per heavy atom. The van der Waals surface area contributed by atoms with Crippen molar-refractivity contribution in [3.8, 4) is 0 Å². The molecule has 0 saturated heterocycles. The quantitative estimate of drug-likeness (QED) is 0.464. The van der Waals surface area contributed by atoms with E-state index in [0.717, 1.165) is 10.0 Å². The van der Waals surface area contributed by atoms with Gasteiger partial charge in [0.05, 0.1) is 4.83 Å². The average Bonchev–Trinajstić information content (AvgIpc) is 2.33. The third-order valence-electron chi connectivity index (χ3n) is 3.06. The van der Waals surface area contributed by atoms with Crippen LogP contribution in [-0.2, 0) is 0 Å². The minimum atomic E-state index is 0.0593. The van der Waals surface area contributed by atoms with Crippen LogP contribution in [0.25, 0.3) is 0 Å². The molecule has 0 N–H and O–H groups in total. The Kier molecular flexibility index (Phi) is 4.99. The minimum absolute atomic E-state index is 0.0593. The molecule has 2 rings (SSSR count). The highest BCUT2D eigenvalue weighted by molar-refractivity contribution is 9.10. The molecule has 0 saturated carbocycles. The van der Waals surface area contributed by atoms with E-state index >= 15 is 0 Å². The number of hydrogen-bond acceptors (Lipinski definition) is 0. The molecule has 1 unspecified atom stereocenters. The van der Waals surface area contributed by atoms with Crippen LogP contribution in [0.5, 0.6) is 0 Å². The Morgan fingerprint density at radius 2 is 1.63 bits per heavy atom. The molecular formula is C15H12Br2Cl2. The first-order valence-corrected chi connectivity index (χ1v) is 8.22. The zero-order valence-electron chi connectivity index (χ0n) is 10.5. The SMILES string of the molecule is Cc1cc(C(Br)c2ccc(Cl)cc2Cl)c(C)cc1Br. The second-order valence-corrected chi connectivity index (χ2v) is 7.10. The van der Waals surface area contributed by atoms with Gasteiger partial charge in [0, 0.05) is 14.5 Å². The summed E-state index contributed by atoms with van der Waals surface area (Å²) in [4.78, 5) is 0.0593. The lowest BCUT2D eigenvalue weighted by atomic mass is 9.98. The molecule has 0 heterocycles. The standard InChI is InChI=1S/C15H12Br2Cl2/c1-8-6-13(16)9(2)5-12(8)15(17)11-4-3-10(18)7-14(11)19/h3-7,15H,1-2H3. The first-order valence-electron chi connectivity index (χ1n) is 5.76. The van der Waals surface area contributed by atoms with E-state index < -0.39 is 0 Å². The Morgan fingerprint density at radius 3 is 2.26 bits per heavy atom. The van der Waals surface area contributed by atoms with E-state index in [1.165, 1.54) is 16.7 Å². The fourth-order valence-corrected chi connectivity index (χ4v) is 3.95. The fraction of sp³-hybridized carbons (Fsp3) is 0.200. The molecule has 4 heteroatoms. The molecule has 0 fully saturated rings. The van der Waals surface area contributed by atoms with Crippen LogP contribution in [0.15, 0.2) is 34.8 Å². The molecule has 100 valence electrons. The summed E-state index contributed by atoms with van der Waals surface area (Å²) in [7, 11) is 0. The van der Waals surface area contributed by atoms with Gasteiger partial charge in [0.1, 0.15) is 0 Å². The van der Waals surface area contributed by atoms with Crippen LogP contribution in [0.4, 0.5) is 0 Å². The van der Waals surface area contributed by atoms with Gasteiger partial charge in [0.15, 0.2) is 0 Å². The summed E-state index contributed by atoms with van der Waals surface area (Å²) < 4.78 is 1.12. The number of benzene rings is 2. The molecule has 0 aliphatic heterocycles. The van der Waals surface area contributed by atoms with Crippen LogP contribution in [0.3, 0.4) is 0 Å². The zero-order valence-corrected chi connectivity index (χ0v) is 15.2. The van der Waals surface area contributed by atoms with Crippen molar-refractivity contribution in [3.63, 3.8) is 0 Å². The first-order chi connectivity index (χ1) is 8.90. The van der Waals surface area contributed by atoms with Crippen molar-refractivity contribution in [2.75, 3.05) is 0 Å². The highest BCUT2D eigenvalue weighted by Crippen LogP contribution is 2.39. The van der Waals surface area contributed by atoms with Gasteiger partial charge in [0.2, 0.25) is 0 Å². The molecule has 0 aliphatic rings. The van der Waals surface area contributed by atoms with Gasteiger partial charge in [-0.3, -0.25) is 0 Å². The molecule has 0 radical (unpaired) electrons. The molecule has 0 bridgehead atoms. The second-order valence-electron chi connectivity index (χ2n) is 4.49. The summed E-state index contributed by atoms with van der Waals surface area (Å²) in [5, 5.41) is 1.33. The van der Waals surface area contributed by atoms with Crippen LogP contribution in [0.1, 0.15) is 27.1 Å². The maximum Gasteiger partial charge on any atom is 0.0661 e. The highest BCUT2D eigenvalue weighted by atomic mass is 79.9. The molecule has 19 heavy (non-hydrogen) atoms. The predicted molar refractivity (Wildman–Crippen MR) is 90.8 cm³/mol. The smallest absolute Gasteiger partial charge is 0.0661 e. The van der Waals surface area contributed by atoms with Gasteiger partial charge in [0.25, 0.3) is 0 Å². The monoisotopic (exact) mass is 420 g/mol. The fourth-order valence-electron chi connectivity index (χ4n) is 1.95. The van der Waals surface area contributed by atoms with Gasteiger partial charge in [-0.2, -0.15) is 0 Å². The van der Waals surface area contributed by atoms with Gasteiger partial charge in [-0.25, -0.2) is 0 Å². The summed E-state index contributed by atoms with van der Waals surface area (Å²) >= 11 is 19.5. The van der Waals surface area contributed by atoms with Gasteiger partial charge in [-0.15, -0.1) is 0 Å².